The second-order valence-corrected chi connectivity index (χ2v) is 13.8. The van der Waals surface area contributed by atoms with Gasteiger partial charge in [0.05, 0.1) is 25.4 Å². The summed E-state index contributed by atoms with van der Waals surface area (Å²) in [4.78, 5) is 0. The van der Waals surface area contributed by atoms with E-state index in [9.17, 15) is 0 Å². The summed E-state index contributed by atoms with van der Waals surface area (Å²) >= 11 is 0. The van der Waals surface area contributed by atoms with Gasteiger partial charge in [-0.05, 0) is 42.3 Å². The molecular weight excluding hydrogens is 328 g/mol. The lowest BCUT2D eigenvalue weighted by atomic mass is 9.88. The molecule has 0 N–H and O–H groups in total. The smallest absolute Gasteiger partial charge is 0.192 e. The predicted molar refractivity (Wildman–Crippen MR) is 104 cm³/mol. The largest absolute Gasteiger partial charge is 0.410 e. The lowest BCUT2D eigenvalue weighted by Crippen LogP contribution is -2.51. The van der Waals surface area contributed by atoms with Crippen molar-refractivity contribution in [3.63, 3.8) is 0 Å². The fourth-order valence-electron chi connectivity index (χ4n) is 3.42. The molecule has 2 aliphatic rings. The van der Waals surface area contributed by atoms with Crippen LogP contribution in [0, 0.1) is 0 Å². The van der Waals surface area contributed by atoms with Crippen molar-refractivity contribution in [3.05, 3.63) is 47.5 Å². The summed E-state index contributed by atoms with van der Waals surface area (Å²) in [7, 11) is -1.84. The van der Waals surface area contributed by atoms with Crippen LogP contribution in [0.4, 0.5) is 0 Å². The molecule has 0 spiro atoms. The van der Waals surface area contributed by atoms with Crippen LogP contribution in [0.25, 0.3) is 0 Å². The molecule has 3 rings (SSSR count). The van der Waals surface area contributed by atoms with Crippen LogP contribution < -0.4 is 0 Å². The highest BCUT2D eigenvalue weighted by Crippen LogP contribution is 2.47. The van der Waals surface area contributed by atoms with Gasteiger partial charge in [-0.25, -0.2) is 0 Å². The van der Waals surface area contributed by atoms with E-state index in [2.05, 4.69) is 59.0 Å². The summed E-state index contributed by atoms with van der Waals surface area (Å²) in [6.45, 7) is 14.8. The minimum Gasteiger partial charge on any atom is -0.410 e. The van der Waals surface area contributed by atoms with Crippen molar-refractivity contribution in [2.75, 3.05) is 6.61 Å². The standard InChI is InChI=1S/C21H32O3Si/c1-16-13-21(15-22-14-17-10-8-7-9-11-17)19(12-18(16)23-21)24-25(5,6)20(2,3)4/h7-11,13,18-19H,12,14-15H2,1-6H3/t18-,19-,21+/m1/s1. The minimum absolute atomic E-state index is 0.0952. The van der Waals surface area contributed by atoms with E-state index >= 15 is 0 Å². The molecule has 0 amide bonds. The molecule has 2 bridgehead atoms. The molecule has 0 radical (unpaired) electrons. The third-order valence-corrected chi connectivity index (χ3v) is 10.5. The van der Waals surface area contributed by atoms with Crippen molar-refractivity contribution in [1.29, 1.82) is 0 Å². The van der Waals surface area contributed by atoms with Crippen LogP contribution in [-0.4, -0.2) is 32.7 Å². The highest BCUT2D eigenvalue weighted by molar-refractivity contribution is 6.74. The Balaban J connectivity index is 1.70. The van der Waals surface area contributed by atoms with E-state index in [1.54, 1.807) is 0 Å². The van der Waals surface area contributed by atoms with Crippen molar-refractivity contribution >= 4 is 8.32 Å². The summed E-state index contributed by atoms with van der Waals surface area (Å²) in [5.74, 6) is 0. The first-order valence-corrected chi connectivity index (χ1v) is 12.2. The Morgan fingerprint density at radius 3 is 2.48 bits per heavy atom. The third kappa shape index (κ3) is 3.77. The molecule has 3 nitrogen and oxygen atoms in total. The molecule has 1 fully saturated rings. The Kier molecular flexibility index (Phi) is 5.01. The quantitative estimate of drug-likeness (QED) is 0.523. The SMILES string of the molecule is CC1=C[C@@]2(COCc3ccccc3)O[C@@H]1C[C@H]2O[Si](C)(C)C(C)(C)C. The van der Waals surface area contributed by atoms with Gasteiger partial charge in [0.1, 0.15) is 5.60 Å². The fourth-order valence-corrected chi connectivity index (χ4v) is 4.78. The van der Waals surface area contributed by atoms with E-state index in [1.807, 2.05) is 18.2 Å². The number of ether oxygens (including phenoxy) is 2. The maximum absolute atomic E-state index is 6.74. The highest BCUT2D eigenvalue weighted by Gasteiger charge is 2.55. The maximum atomic E-state index is 6.74. The Bertz CT molecular complexity index is 632. The molecule has 4 heteroatoms. The summed E-state index contributed by atoms with van der Waals surface area (Å²) < 4.78 is 19.2. The first-order valence-electron chi connectivity index (χ1n) is 9.30. The van der Waals surface area contributed by atoms with Crippen LogP contribution in [-0.2, 0) is 20.5 Å². The van der Waals surface area contributed by atoms with E-state index in [4.69, 9.17) is 13.9 Å². The van der Waals surface area contributed by atoms with Gasteiger partial charge in [-0.3, -0.25) is 0 Å². The van der Waals surface area contributed by atoms with Crippen molar-refractivity contribution < 1.29 is 13.9 Å². The molecule has 0 aromatic heterocycles. The molecule has 1 saturated heterocycles. The lowest BCUT2D eigenvalue weighted by molar-refractivity contribution is -0.0779. The van der Waals surface area contributed by atoms with Gasteiger partial charge in [0, 0.05) is 6.42 Å². The Labute approximate surface area is 153 Å². The molecule has 3 atom stereocenters. The van der Waals surface area contributed by atoms with Gasteiger partial charge in [-0.15, -0.1) is 0 Å². The van der Waals surface area contributed by atoms with Gasteiger partial charge in [0.25, 0.3) is 0 Å². The number of fused-ring (bicyclic) bond motifs is 2. The Hall–Kier alpha value is -0.943. The summed E-state index contributed by atoms with van der Waals surface area (Å²) in [6.07, 6.45) is 3.49. The predicted octanol–water partition coefficient (Wildman–Crippen LogP) is 5.08. The van der Waals surface area contributed by atoms with E-state index in [-0.39, 0.29) is 17.2 Å². The minimum atomic E-state index is -1.84. The topological polar surface area (TPSA) is 27.7 Å². The van der Waals surface area contributed by atoms with Gasteiger partial charge in [-0.1, -0.05) is 51.1 Å². The monoisotopic (exact) mass is 360 g/mol. The van der Waals surface area contributed by atoms with Crippen molar-refractivity contribution in [2.24, 2.45) is 0 Å². The zero-order valence-corrected chi connectivity index (χ0v) is 17.5. The average molecular weight is 361 g/mol. The zero-order valence-electron chi connectivity index (χ0n) is 16.5. The first kappa shape index (κ1) is 18.8. The van der Waals surface area contributed by atoms with Crippen molar-refractivity contribution in [3.8, 4) is 0 Å². The molecule has 1 aromatic rings. The lowest BCUT2D eigenvalue weighted by Gasteiger charge is -2.42. The molecular formula is C21H32O3Si. The fraction of sp³-hybridized carbons (Fsp3) is 0.619. The summed E-state index contributed by atoms with van der Waals surface area (Å²) in [5.41, 5.74) is 2.09. The summed E-state index contributed by atoms with van der Waals surface area (Å²) in [6, 6.07) is 10.3. The normalized spacial score (nSPS) is 29.1. The second-order valence-electron chi connectivity index (χ2n) is 9.03. The molecule has 0 saturated carbocycles. The van der Waals surface area contributed by atoms with Gasteiger partial charge in [-0.2, -0.15) is 0 Å². The van der Waals surface area contributed by atoms with Crippen LogP contribution in [0.2, 0.25) is 18.1 Å². The average Bonchev–Trinajstić information content (AvgIpc) is 3.01. The van der Waals surface area contributed by atoms with Gasteiger partial charge in [0.15, 0.2) is 8.32 Å². The van der Waals surface area contributed by atoms with Crippen LogP contribution in [0.5, 0.6) is 0 Å². The number of benzene rings is 1. The molecule has 1 aromatic carbocycles. The molecule has 2 heterocycles. The van der Waals surface area contributed by atoms with Crippen molar-refractivity contribution in [1.82, 2.24) is 0 Å². The van der Waals surface area contributed by atoms with E-state index in [0.29, 0.717) is 13.2 Å². The van der Waals surface area contributed by atoms with E-state index < -0.39 is 13.9 Å². The van der Waals surface area contributed by atoms with Crippen LogP contribution in [0.3, 0.4) is 0 Å². The third-order valence-electron chi connectivity index (χ3n) is 6.00. The molecule has 2 aliphatic heterocycles. The zero-order chi connectivity index (χ0) is 18.3. The first-order chi connectivity index (χ1) is 11.6. The molecule has 0 unspecified atom stereocenters. The highest BCUT2D eigenvalue weighted by atomic mass is 28.4. The van der Waals surface area contributed by atoms with Gasteiger partial charge < -0.3 is 13.9 Å². The maximum Gasteiger partial charge on any atom is 0.192 e. The summed E-state index contributed by atoms with van der Waals surface area (Å²) in [5, 5.41) is 0.194. The number of hydrogen-bond donors (Lipinski definition) is 0. The Morgan fingerprint density at radius 1 is 1.20 bits per heavy atom. The van der Waals surface area contributed by atoms with Crippen LogP contribution in [0.1, 0.15) is 39.7 Å². The van der Waals surface area contributed by atoms with Crippen molar-refractivity contribution in [2.45, 2.75) is 76.7 Å². The van der Waals surface area contributed by atoms with Crippen LogP contribution in [0.15, 0.2) is 42.0 Å². The second kappa shape index (κ2) is 6.65. The molecule has 138 valence electrons. The molecule has 0 aliphatic carbocycles. The van der Waals surface area contributed by atoms with Gasteiger partial charge >= 0.3 is 0 Å². The molecule has 25 heavy (non-hydrogen) atoms. The Morgan fingerprint density at radius 2 is 1.88 bits per heavy atom. The van der Waals surface area contributed by atoms with E-state index in [0.717, 1.165) is 6.42 Å². The number of rotatable bonds is 6. The van der Waals surface area contributed by atoms with Gasteiger partial charge in [0.2, 0.25) is 0 Å². The van der Waals surface area contributed by atoms with E-state index in [1.165, 1.54) is 11.1 Å². The van der Waals surface area contributed by atoms with Crippen LogP contribution >= 0.6 is 0 Å². The number of hydrogen-bond acceptors (Lipinski definition) is 3.